The SMILES string of the molecule is O=C(Cn1nnc(-c2cccs2)n1)c1ccc(Cl)cc1. The van der Waals surface area contributed by atoms with Gasteiger partial charge < -0.3 is 0 Å². The number of thiophene rings is 1. The zero-order chi connectivity index (χ0) is 13.9. The molecular weight excluding hydrogens is 296 g/mol. The lowest BCUT2D eigenvalue weighted by molar-refractivity contribution is 0.0961. The van der Waals surface area contributed by atoms with Gasteiger partial charge in [-0.05, 0) is 40.9 Å². The van der Waals surface area contributed by atoms with Crippen molar-refractivity contribution in [1.82, 2.24) is 20.2 Å². The quantitative estimate of drug-likeness (QED) is 0.695. The lowest BCUT2D eigenvalue weighted by atomic mass is 10.1. The number of ketones is 1. The fourth-order valence-corrected chi connectivity index (χ4v) is 2.44. The van der Waals surface area contributed by atoms with E-state index in [1.54, 1.807) is 24.3 Å². The third-order valence-electron chi connectivity index (χ3n) is 2.65. The summed E-state index contributed by atoms with van der Waals surface area (Å²) in [6.07, 6.45) is 0. The number of Topliss-reactive ketones (excluding diaryl/α,β-unsaturated/α-hetero) is 1. The van der Waals surface area contributed by atoms with Crippen LogP contribution < -0.4 is 0 Å². The molecule has 0 saturated carbocycles. The van der Waals surface area contributed by atoms with Gasteiger partial charge in [-0.25, -0.2) is 0 Å². The van der Waals surface area contributed by atoms with Crippen LogP contribution in [0.1, 0.15) is 10.4 Å². The minimum atomic E-state index is -0.0863. The highest BCUT2D eigenvalue weighted by atomic mass is 35.5. The summed E-state index contributed by atoms with van der Waals surface area (Å²) in [5.74, 6) is 0.445. The fourth-order valence-electron chi connectivity index (χ4n) is 1.67. The van der Waals surface area contributed by atoms with Crippen LogP contribution in [0.2, 0.25) is 5.02 Å². The largest absolute Gasteiger partial charge is 0.292 e. The van der Waals surface area contributed by atoms with Crippen LogP contribution in [-0.2, 0) is 6.54 Å². The summed E-state index contributed by atoms with van der Waals surface area (Å²) in [6.45, 7) is 0.0556. The van der Waals surface area contributed by atoms with Crippen molar-refractivity contribution in [1.29, 1.82) is 0 Å². The van der Waals surface area contributed by atoms with E-state index in [1.807, 2.05) is 17.5 Å². The molecule has 2 heterocycles. The number of benzene rings is 1. The molecular formula is C13H9ClN4OS. The van der Waals surface area contributed by atoms with Crippen LogP contribution in [0.25, 0.3) is 10.7 Å². The summed E-state index contributed by atoms with van der Waals surface area (Å²) in [7, 11) is 0. The Bertz CT molecular complexity index is 721. The van der Waals surface area contributed by atoms with Crippen molar-refractivity contribution in [3.8, 4) is 10.7 Å². The van der Waals surface area contributed by atoms with Gasteiger partial charge in [-0.1, -0.05) is 17.7 Å². The molecule has 20 heavy (non-hydrogen) atoms. The van der Waals surface area contributed by atoms with Crippen LogP contribution in [0.15, 0.2) is 41.8 Å². The van der Waals surface area contributed by atoms with Crippen molar-refractivity contribution in [3.63, 3.8) is 0 Å². The Morgan fingerprint density at radius 1 is 1.25 bits per heavy atom. The normalized spacial score (nSPS) is 10.7. The Balaban J connectivity index is 1.75. The summed E-state index contributed by atoms with van der Waals surface area (Å²) >= 11 is 7.32. The smallest absolute Gasteiger partial charge is 0.214 e. The number of nitrogens with zero attached hydrogens (tertiary/aromatic N) is 4. The highest BCUT2D eigenvalue weighted by molar-refractivity contribution is 7.13. The van der Waals surface area contributed by atoms with Crippen molar-refractivity contribution in [2.75, 3.05) is 0 Å². The van der Waals surface area contributed by atoms with Crippen LogP contribution in [-0.4, -0.2) is 26.0 Å². The van der Waals surface area contributed by atoms with Crippen molar-refractivity contribution < 1.29 is 4.79 Å². The highest BCUT2D eigenvalue weighted by Crippen LogP contribution is 2.19. The molecule has 3 aromatic rings. The van der Waals surface area contributed by atoms with Crippen molar-refractivity contribution in [2.24, 2.45) is 0 Å². The number of rotatable bonds is 4. The van der Waals surface area contributed by atoms with Crippen molar-refractivity contribution >= 4 is 28.7 Å². The first-order chi connectivity index (χ1) is 9.72. The molecule has 0 aliphatic carbocycles. The van der Waals surface area contributed by atoms with E-state index in [0.29, 0.717) is 16.4 Å². The van der Waals surface area contributed by atoms with E-state index in [1.165, 1.54) is 16.1 Å². The maximum atomic E-state index is 12.1. The zero-order valence-corrected chi connectivity index (χ0v) is 11.8. The molecule has 0 N–H and O–H groups in total. The average Bonchev–Trinajstić information content (AvgIpc) is 3.09. The van der Waals surface area contributed by atoms with E-state index in [2.05, 4.69) is 15.4 Å². The summed E-state index contributed by atoms with van der Waals surface area (Å²) in [5, 5.41) is 14.6. The van der Waals surface area contributed by atoms with E-state index in [-0.39, 0.29) is 12.3 Å². The Morgan fingerprint density at radius 3 is 2.75 bits per heavy atom. The second-order valence-corrected chi connectivity index (χ2v) is 5.43. The molecule has 0 fully saturated rings. The number of aromatic nitrogens is 4. The van der Waals surface area contributed by atoms with E-state index in [9.17, 15) is 4.79 Å². The predicted molar refractivity (Wildman–Crippen MR) is 76.9 cm³/mol. The molecule has 0 unspecified atom stereocenters. The van der Waals surface area contributed by atoms with Gasteiger partial charge >= 0.3 is 0 Å². The van der Waals surface area contributed by atoms with Crippen LogP contribution in [0.3, 0.4) is 0 Å². The number of hydrogen-bond acceptors (Lipinski definition) is 5. The second-order valence-electron chi connectivity index (χ2n) is 4.05. The minimum absolute atomic E-state index is 0.0556. The summed E-state index contributed by atoms with van der Waals surface area (Å²) in [4.78, 5) is 14.3. The van der Waals surface area contributed by atoms with E-state index < -0.39 is 0 Å². The molecule has 7 heteroatoms. The Kier molecular flexibility index (Phi) is 3.58. The van der Waals surface area contributed by atoms with Gasteiger partial charge in [0, 0.05) is 10.6 Å². The van der Waals surface area contributed by atoms with Gasteiger partial charge in [0.05, 0.1) is 4.88 Å². The average molecular weight is 305 g/mol. The maximum absolute atomic E-state index is 12.1. The molecule has 2 aromatic heterocycles. The van der Waals surface area contributed by atoms with E-state index in [0.717, 1.165) is 4.88 Å². The highest BCUT2D eigenvalue weighted by Gasteiger charge is 2.11. The van der Waals surface area contributed by atoms with Gasteiger partial charge in [-0.3, -0.25) is 4.79 Å². The molecule has 3 rings (SSSR count). The number of carbonyl (C=O) groups is 1. The third kappa shape index (κ3) is 2.76. The number of carbonyl (C=O) groups excluding carboxylic acids is 1. The molecule has 0 aliphatic rings. The van der Waals surface area contributed by atoms with Crippen LogP contribution in [0.5, 0.6) is 0 Å². The Morgan fingerprint density at radius 2 is 2.05 bits per heavy atom. The van der Waals surface area contributed by atoms with Crippen LogP contribution in [0.4, 0.5) is 0 Å². The summed E-state index contributed by atoms with van der Waals surface area (Å²) in [6, 6.07) is 10.6. The lowest BCUT2D eigenvalue weighted by Gasteiger charge is -1.99. The first-order valence-corrected chi connectivity index (χ1v) is 7.08. The van der Waals surface area contributed by atoms with Crippen molar-refractivity contribution in [3.05, 3.63) is 52.4 Å². The minimum Gasteiger partial charge on any atom is -0.292 e. The summed E-state index contributed by atoms with van der Waals surface area (Å²) in [5.41, 5.74) is 0.573. The Hall–Kier alpha value is -2.05. The van der Waals surface area contributed by atoms with Gasteiger partial charge in [0.25, 0.3) is 0 Å². The standard InChI is InChI=1S/C13H9ClN4OS/c14-10-5-3-9(4-6-10)11(19)8-18-16-13(15-17-18)12-2-1-7-20-12/h1-7H,8H2. The molecule has 0 saturated heterocycles. The molecule has 0 radical (unpaired) electrons. The lowest BCUT2D eigenvalue weighted by Crippen LogP contribution is -2.13. The molecule has 100 valence electrons. The summed E-state index contributed by atoms with van der Waals surface area (Å²) < 4.78 is 0. The van der Waals surface area contributed by atoms with Gasteiger partial charge in [0.15, 0.2) is 5.78 Å². The zero-order valence-electron chi connectivity index (χ0n) is 10.2. The molecule has 0 aliphatic heterocycles. The molecule has 0 atom stereocenters. The van der Waals surface area contributed by atoms with Crippen molar-refractivity contribution in [2.45, 2.75) is 6.54 Å². The number of halogens is 1. The third-order valence-corrected chi connectivity index (χ3v) is 3.76. The van der Waals surface area contributed by atoms with Gasteiger partial charge in [0.2, 0.25) is 5.82 Å². The molecule has 0 amide bonds. The van der Waals surface area contributed by atoms with Gasteiger partial charge in [-0.2, -0.15) is 4.80 Å². The molecule has 1 aromatic carbocycles. The van der Waals surface area contributed by atoms with E-state index >= 15 is 0 Å². The predicted octanol–water partition coefficient (Wildman–Crippen LogP) is 2.94. The molecule has 0 spiro atoms. The van der Waals surface area contributed by atoms with Gasteiger partial charge in [-0.15, -0.1) is 21.5 Å². The fraction of sp³-hybridized carbons (Fsp3) is 0.0769. The van der Waals surface area contributed by atoms with Crippen LogP contribution >= 0.6 is 22.9 Å². The molecule has 0 bridgehead atoms. The van der Waals surface area contributed by atoms with E-state index in [4.69, 9.17) is 11.6 Å². The number of tetrazole rings is 1. The first-order valence-electron chi connectivity index (χ1n) is 5.83. The number of hydrogen-bond donors (Lipinski definition) is 0. The second kappa shape index (κ2) is 5.52. The monoisotopic (exact) mass is 304 g/mol. The van der Waals surface area contributed by atoms with Gasteiger partial charge in [0.1, 0.15) is 6.54 Å². The van der Waals surface area contributed by atoms with Crippen LogP contribution in [0, 0.1) is 0 Å². The first kappa shape index (κ1) is 13.0. The maximum Gasteiger partial charge on any atom is 0.214 e. The topological polar surface area (TPSA) is 60.7 Å². The Labute approximate surface area is 123 Å². The molecule has 5 nitrogen and oxygen atoms in total.